The Kier molecular flexibility index (Phi) is 15.0. The van der Waals surface area contributed by atoms with E-state index in [0.29, 0.717) is 28.3 Å². The molecular formula is C36H39F5N7O7P. The van der Waals surface area contributed by atoms with E-state index in [2.05, 4.69) is 27.8 Å². The first-order valence-corrected chi connectivity index (χ1v) is 17.0. The van der Waals surface area contributed by atoms with Gasteiger partial charge in [-0.1, -0.05) is 48.5 Å². The summed E-state index contributed by atoms with van der Waals surface area (Å²) in [6, 6.07) is 20.6. The van der Waals surface area contributed by atoms with Crippen molar-refractivity contribution in [2.45, 2.75) is 63.8 Å². The van der Waals surface area contributed by atoms with Crippen molar-refractivity contribution in [3.63, 3.8) is 0 Å². The fraction of sp³-hybridized carbons (Fsp3) is 0.278. The maximum atomic E-state index is 13.5. The summed E-state index contributed by atoms with van der Waals surface area (Å²) in [6.45, 7) is 3.85. The molecule has 20 heteroatoms. The number of halogens is 5. The van der Waals surface area contributed by atoms with Gasteiger partial charge in [-0.15, -0.1) is 0 Å². The van der Waals surface area contributed by atoms with E-state index in [1.807, 2.05) is 32.0 Å². The quantitative estimate of drug-likeness (QED) is 0.0363. The Labute approximate surface area is 318 Å². The van der Waals surface area contributed by atoms with Crippen LogP contribution in [0.1, 0.15) is 36.1 Å². The molecule has 56 heavy (non-hydrogen) atoms. The molecule has 4 aromatic rings. The number of hydrogen-bond acceptors (Lipinski definition) is 9. The van der Waals surface area contributed by atoms with Gasteiger partial charge < -0.3 is 37.1 Å². The number of fused-ring (bicyclic) bond motifs is 1. The summed E-state index contributed by atoms with van der Waals surface area (Å²) in [5, 5.41) is 28.1. The second kappa shape index (κ2) is 19.0. The first-order chi connectivity index (χ1) is 26.0. The van der Waals surface area contributed by atoms with Gasteiger partial charge in [-0.05, 0) is 51.9 Å². The molecule has 300 valence electrons. The summed E-state index contributed by atoms with van der Waals surface area (Å²) >= 11 is 0. The number of rotatable bonds is 11. The van der Waals surface area contributed by atoms with Crippen LogP contribution >= 0.6 is 9.24 Å². The standard InChI is InChI=1S/C32H35N7O3.C2HF3O2.C2H3F2O2P/c1-19(2)38-31-32(41)39(18-29(40)36-16-20-7-9-21(10-8-20)30(34)35)28(17-37-31)24-11-25(33)15-27(14-24)42-26-12-22-5-3-4-6-23(22)13-26;3-2(4,5)1(6)7;3-2(4,7)1(5)6/h3-11,14-15,17,19,26H,12-13,16,18,33H2,1-2H3,(H3,34,35)(H,36,40)(H,37,38);(H,6,7);7H2,(H,5,6). The van der Waals surface area contributed by atoms with Crippen LogP contribution < -0.4 is 32.4 Å². The van der Waals surface area contributed by atoms with Crippen LogP contribution in [0, 0.1) is 5.41 Å². The van der Waals surface area contributed by atoms with E-state index in [0.717, 1.165) is 27.6 Å². The predicted molar refractivity (Wildman–Crippen MR) is 201 cm³/mol. The second-order valence-electron chi connectivity index (χ2n) is 12.5. The van der Waals surface area contributed by atoms with Crippen LogP contribution in [0.2, 0.25) is 0 Å². The average Bonchev–Trinajstić information content (AvgIpc) is 3.51. The van der Waals surface area contributed by atoms with E-state index in [9.17, 15) is 36.3 Å². The normalized spacial score (nSPS) is 12.3. The summed E-state index contributed by atoms with van der Waals surface area (Å²) in [6.07, 6.45) is -1.92. The van der Waals surface area contributed by atoms with Gasteiger partial charge in [0, 0.05) is 48.3 Å². The van der Waals surface area contributed by atoms with Gasteiger partial charge in [-0.2, -0.15) is 22.0 Å². The molecule has 1 atom stereocenters. The zero-order chi connectivity index (χ0) is 42.0. The monoisotopic (exact) mass is 807 g/mol. The Morgan fingerprint density at radius 3 is 2.04 bits per heavy atom. The third kappa shape index (κ3) is 13.3. The summed E-state index contributed by atoms with van der Waals surface area (Å²) in [5.41, 5.74) is 13.3. The third-order valence-corrected chi connectivity index (χ3v) is 7.85. The fourth-order valence-corrected chi connectivity index (χ4v) is 5.08. The molecule has 0 spiro atoms. The number of carbonyl (C=O) groups excluding carboxylic acids is 1. The van der Waals surface area contributed by atoms with Crippen molar-refractivity contribution in [1.29, 1.82) is 5.41 Å². The van der Waals surface area contributed by atoms with Gasteiger partial charge in [0.05, 0.1) is 11.9 Å². The highest BCUT2D eigenvalue weighted by molar-refractivity contribution is 7.20. The molecular weight excluding hydrogens is 768 g/mol. The maximum absolute atomic E-state index is 13.5. The molecule has 14 nitrogen and oxygen atoms in total. The number of amidine groups is 1. The zero-order valence-corrected chi connectivity index (χ0v) is 31.0. The Balaban J connectivity index is 0.000000512. The zero-order valence-electron chi connectivity index (χ0n) is 29.9. The third-order valence-electron chi connectivity index (χ3n) is 7.60. The first-order valence-electron chi connectivity index (χ1n) is 16.5. The number of aromatic nitrogens is 2. The van der Waals surface area contributed by atoms with Crippen LogP contribution in [0.3, 0.4) is 0 Å². The van der Waals surface area contributed by atoms with Crippen LogP contribution in [0.15, 0.2) is 77.7 Å². The Bertz CT molecular complexity index is 2060. The summed E-state index contributed by atoms with van der Waals surface area (Å²) in [7, 11) is 0.898. The summed E-state index contributed by atoms with van der Waals surface area (Å²) in [4.78, 5) is 49.2. The summed E-state index contributed by atoms with van der Waals surface area (Å²) < 4.78 is 61.9. The number of alkyl halides is 5. The highest BCUT2D eigenvalue weighted by Crippen LogP contribution is 2.31. The minimum atomic E-state index is -5.08. The number of nitrogen functional groups attached to an aromatic ring is 2. The average molecular weight is 808 g/mol. The van der Waals surface area contributed by atoms with Gasteiger partial charge in [-0.25, -0.2) is 14.6 Å². The van der Waals surface area contributed by atoms with E-state index < -0.39 is 29.3 Å². The summed E-state index contributed by atoms with van der Waals surface area (Å²) in [5.74, 6) is -4.51. The minimum absolute atomic E-state index is 0.0229. The maximum Gasteiger partial charge on any atom is 0.490 e. The molecule has 1 aromatic heterocycles. The lowest BCUT2D eigenvalue weighted by molar-refractivity contribution is -0.192. The lowest BCUT2D eigenvalue weighted by Crippen LogP contribution is -2.35. The number of aliphatic carboxylic acids is 2. The molecule has 0 saturated carbocycles. The highest BCUT2D eigenvalue weighted by Gasteiger charge is 2.38. The Hall–Kier alpha value is -6.10. The molecule has 0 radical (unpaired) electrons. The van der Waals surface area contributed by atoms with E-state index >= 15 is 0 Å². The fourth-order valence-electron chi connectivity index (χ4n) is 5.08. The van der Waals surface area contributed by atoms with Crippen molar-refractivity contribution in [3.05, 3.63) is 106 Å². The van der Waals surface area contributed by atoms with Gasteiger partial charge in [0.25, 0.3) is 5.56 Å². The number of anilines is 2. The number of amides is 1. The molecule has 1 heterocycles. The van der Waals surface area contributed by atoms with Gasteiger partial charge in [0.2, 0.25) is 5.91 Å². The van der Waals surface area contributed by atoms with Crippen molar-refractivity contribution >= 4 is 44.4 Å². The lowest BCUT2D eigenvalue weighted by Gasteiger charge is -2.18. The lowest BCUT2D eigenvalue weighted by atomic mass is 10.1. The molecule has 3 aromatic carbocycles. The van der Waals surface area contributed by atoms with E-state index in [1.54, 1.807) is 42.6 Å². The molecule has 1 aliphatic carbocycles. The SMILES string of the molecule is CC(C)Nc1ncc(-c2cc(N)cc(OC3Cc4ccccc4C3)c2)n(CC(=O)NCc2ccc(C(=N)N)cc2)c1=O.O=C(O)C(F)(F)F.O=C(O)C(F)(F)P. The molecule has 1 amide bonds. The van der Waals surface area contributed by atoms with Gasteiger partial charge in [0.15, 0.2) is 5.82 Å². The Morgan fingerprint density at radius 2 is 1.55 bits per heavy atom. The smallest absolute Gasteiger partial charge is 0.490 e. The number of ether oxygens (including phenoxy) is 1. The second-order valence-corrected chi connectivity index (χ2v) is 13.2. The van der Waals surface area contributed by atoms with Crippen molar-refractivity contribution < 1.29 is 51.3 Å². The highest BCUT2D eigenvalue weighted by atomic mass is 31.0. The first kappa shape index (κ1) is 44.3. The Morgan fingerprint density at radius 1 is 1.00 bits per heavy atom. The number of carbonyl (C=O) groups is 3. The number of nitrogens with zero attached hydrogens (tertiary/aromatic N) is 2. The number of benzene rings is 3. The van der Waals surface area contributed by atoms with Crippen LogP contribution in [-0.4, -0.2) is 67.4 Å². The van der Waals surface area contributed by atoms with Crippen molar-refractivity contribution in [3.8, 4) is 17.0 Å². The van der Waals surface area contributed by atoms with Crippen LogP contribution in [0.25, 0.3) is 11.3 Å². The van der Waals surface area contributed by atoms with Crippen LogP contribution in [0.5, 0.6) is 5.75 Å². The van der Waals surface area contributed by atoms with E-state index in [4.69, 9.17) is 36.6 Å². The van der Waals surface area contributed by atoms with Gasteiger partial charge in [-0.3, -0.25) is 19.6 Å². The van der Waals surface area contributed by atoms with Crippen molar-refractivity contribution in [1.82, 2.24) is 14.9 Å². The van der Waals surface area contributed by atoms with E-state index in [1.165, 1.54) is 15.7 Å². The van der Waals surface area contributed by atoms with Gasteiger partial charge >= 0.3 is 23.8 Å². The topological polar surface area (TPSA) is 236 Å². The molecule has 0 aliphatic heterocycles. The number of nitrogens with one attached hydrogen (secondary N) is 3. The predicted octanol–water partition coefficient (Wildman–Crippen LogP) is 4.63. The number of carboxylic acid groups (broad SMARTS) is 2. The minimum Gasteiger partial charge on any atom is -0.490 e. The molecule has 1 unspecified atom stereocenters. The molecule has 0 bridgehead atoms. The molecule has 0 saturated heterocycles. The largest absolute Gasteiger partial charge is 0.490 e. The molecule has 9 N–H and O–H groups in total. The van der Waals surface area contributed by atoms with Crippen LogP contribution in [0.4, 0.5) is 33.5 Å². The number of nitrogens with two attached hydrogens (primary N) is 2. The van der Waals surface area contributed by atoms with Crippen molar-refractivity contribution in [2.24, 2.45) is 5.73 Å². The van der Waals surface area contributed by atoms with E-state index in [-0.39, 0.29) is 42.8 Å². The molecule has 0 fully saturated rings. The number of hydrogen-bond donors (Lipinski definition) is 7. The molecule has 1 aliphatic rings. The van der Waals surface area contributed by atoms with Crippen LogP contribution in [-0.2, 0) is 40.3 Å². The van der Waals surface area contributed by atoms with Gasteiger partial charge in [0.1, 0.15) is 24.2 Å². The molecule has 5 rings (SSSR count). The number of carboxylic acids is 2. The van der Waals surface area contributed by atoms with Crippen molar-refractivity contribution in [2.75, 3.05) is 11.1 Å².